The largest absolute Gasteiger partial charge is 0.322 e. The smallest absolute Gasteiger partial charge is 0.255 e. The molecule has 0 aliphatic carbocycles. The lowest BCUT2D eigenvalue weighted by Gasteiger charge is -2.09. The summed E-state index contributed by atoms with van der Waals surface area (Å²) in [6.07, 6.45) is 1.12. The Bertz CT molecular complexity index is 778. The van der Waals surface area contributed by atoms with Crippen LogP contribution in [0, 0.1) is 0 Å². The molecule has 0 aliphatic rings. The van der Waals surface area contributed by atoms with E-state index in [0.29, 0.717) is 17.2 Å². The van der Waals surface area contributed by atoms with E-state index in [2.05, 4.69) is 19.2 Å². The molecule has 0 heterocycles. The molecule has 2 aromatic rings. The number of anilines is 1. The molecular formula is C17H19NO3S. The molecule has 1 N–H and O–H groups in total. The Balaban J connectivity index is 2.19. The number of sulfone groups is 1. The van der Waals surface area contributed by atoms with Crippen molar-refractivity contribution in [2.75, 3.05) is 11.6 Å². The van der Waals surface area contributed by atoms with Gasteiger partial charge in [-0.05, 0) is 41.8 Å². The maximum absolute atomic E-state index is 12.2. The van der Waals surface area contributed by atoms with Crippen molar-refractivity contribution in [3.05, 3.63) is 59.7 Å². The molecule has 0 radical (unpaired) electrons. The van der Waals surface area contributed by atoms with E-state index in [-0.39, 0.29) is 10.8 Å². The van der Waals surface area contributed by atoms with Crippen LogP contribution >= 0.6 is 0 Å². The van der Waals surface area contributed by atoms with Gasteiger partial charge in [0.05, 0.1) is 4.90 Å². The summed E-state index contributed by atoms with van der Waals surface area (Å²) in [5.74, 6) is 0.0963. The topological polar surface area (TPSA) is 63.2 Å². The van der Waals surface area contributed by atoms with E-state index in [1.165, 1.54) is 17.7 Å². The minimum absolute atomic E-state index is 0.135. The van der Waals surface area contributed by atoms with E-state index in [4.69, 9.17) is 0 Å². The van der Waals surface area contributed by atoms with Crippen molar-refractivity contribution >= 4 is 21.4 Å². The van der Waals surface area contributed by atoms with E-state index in [1.54, 1.807) is 12.1 Å². The summed E-state index contributed by atoms with van der Waals surface area (Å²) in [6.45, 7) is 4.20. The van der Waals surface area contributed by atoms with E-state index < -0.39 is 9.84 Å². The molecule has 0 aromatic heterocycles. The number of amides is 1. The third-order valence-electron chi connectivity index (χ3n) is 3.36. The zero-order chi connectivity index (χ0) is 16.3. The minimum Gasteiger partial charge on any atom is -0.322 e. The zero-order valence-corrected chi connectivity index (χ0v) is 13.6. The Kier molecular flexibility index (Phi) is 4.66. The summed E-state index contributed by atoms with van der Waals surface area (Å²) in [6, 6.07) is 13.6. The quantitative estimate of drug-likeness (QED) is 0.939. The minimum atomic E-state index is -3.33. The second-order valence-corrected chi connectivity index (χ2v) is 7.55. The highest BCUT2D eigenvalue weighted by Gasteiger charge is 2.12. The van der Waals surface area contributed by atoms with Crippen LogP contribution in [-0.4, -0.2) is 20.6 Å². The van der Waals surface area contributed by atoms with Gasteiger partial charge < -0.3 is 5.32 Å². The van der Waals surface area contributed by atoms with E-state index in [1.807, 2.05) is 24.3 Å². The Labute approximate surface area is 131 Å². The number of benzene rings is 2. The molecule has 0 fully saturated rings. The maximum Gasteiger partial charge on any atom is 0.255 e. The summed E-state index contributed by atoms with van der Waals surface area (Å²) >= 11 is 0. The average molecular weight is 317 g/mol. The summed E-state index contributed by atoms with van der Waals surface area (Å²) in [5, 5.41) is 2.77. The summed E-state index contributed by atoms with van der Waals surface area (Å²) in [4.78, 5) is 12.3. The van der Waals surface area contributed by atoms with Crippen LogP contribution in [-0.2, 0) is 9.84 Å². The fourth-order valence-corrected chi connectivity index (χ4v) is 2.69. The second-order valence-electron chi connectivity index (χ2n) is 5.53. The van der Waals surface area contributed by atoms with Gasteiger partial charge in [-0.25, -0.2) is 8.42 Å². The highest BCUT2D eigenvalue weighted by Crippen LogP contribution is 2.18. The molecule has 1 amide bonds. The highest BCUT2D eigenvalue weighted by atomic mass is 32.2. The molecule has 0 bridgehead atoms. The number of carbonyl (C=O) groups excluding carboxylic acids is 1. The lowest BCUT2D eigenvalue weighted by molar-refractivity contribution is 0.102. The number of nitrogens with one attached hydrogen (secondary N) is 1. The van der Waals surface area contributed by atoms with E-state index in [9.17, 15) is 13.2 Å². The van der Waals surface area contributed by atoms with Crippen LogP contribution in [0.1, 0.15) is 35.7 Å². The summed E-state index contributed by atoms with van der Waals surface area (Å²) in [7, 11) is -3.33. The lowest BCUT2D eigenvalue weighted by Crippen LogP contribution is -2.12. The molecule has 0 spiro atoms. The average Bonchev–Trinajstić information content (AvgIpc) is 2.47. The van der Waals surface area contributed by atoms with Crippen molar-refractivity contribution in [1.29, 1.82) is 0 Å². The van der Waals surface area contributed by atoms with Gasteiger partial charge in [-0.1, -0.05) is 32.0 Å². The van der Waals surface area contributed by atoms with Gasteiger partial charge in [0.15, 0.2) is 9.84 Å². The van der Waals surface area contributed by atoms with Crippen LogP contribution in [0.25, 0.3) is 0 Å². The predicted octanol–water partition coefficient (Wildman–Crippen LogP) is 3.47. The van der Waals surface area contributed by atoms with Crippen molar-refractivity contribution in [1.82, 2.24) is 0 Å². The molecule has 2 rings (SSSR count). The van der Waals surface area contributed by atoms with Crippen LogP contribution < -0.4 is 5.32 Å². The summed E-state index contributed by atoms with van der Waals surface area (Å²) in [5.41, 5.74) is 2.19. The van der Waals surface area contributed by atoms with Gasteiger partial charge in [0.25, 0.3) is 5.91 Å². The molecular weight excluding hydrogens is 298 g/mol. The van der Waals surface area contributed by atoms with Gasteiger partial charge in [-0.15, -0.1) is 0 Å². The van der Waals surface area contributed by atoms with Crippen LogP contribution in [0.3, 0.4) is 0 Å². The molecule has 2 aromatic carbocycles. The van der Waals surface area contributed by atoms with Gasteiger partial charge in [-0.3, -0.25) is 4.79 Å². The van der Waals surface area contributed by atoms with Crippen LogP contribution in [0.2, 0.25) is 0 Å². The molecule has 0 aliphatic heterocycles. The van der Waals surface area contributed by atoms with E-state index >= 15 is 0 Å². The molecule has 0 unspecified atom stereocenters. The normalized spacial score (nSPS) is 11.5. The van der Waals surface area contributed by atoms with Gasteiger partial charge in [0.1, 0.15) is 0 Å². The standard InChI is InChI=1S/C17H19NO3S/c1-12(2)13-7-9-15(10-8-13)18-17(19)14-5-4-6-16(11-14)22(3,20)21/h4-12H,1-3H3,(H,18,19). The third kappa shape index (κ3) is 3.95. The number of carbonyl (C=O) groups is 1. The lowest BCUT2D eigenvalue weighted by atomic mass is 10.0. The van der Waals surface area contributed by atoms with Crippen molar-refractivity contribution in [3.8, 4) is 0 Å². The SMILES string of the molecule is CC(C)c1ccc(NC(=O)c2cccc(S(C)(=O)=O)c2)cc1. The number of rotatable bonds is 4. The molecule has 0 saturated heterocycles. The zero-order valence-electron chi connectivity index (χ0n) is 12.8. The van der Waals surface area contributed by atoms with Gasteiger partial charge in [-0.2, -0.15) is 0 Å². The molecule has 5 heteroatoms. The fraction of sp³-hybridized carbons (Fsp3) is 0.235. The first-order chi connectivity index (χ1) is 10.3. The Hall–Kier alpha value is -2.14. The van der Waals surface area contributed by atoms with Crippen molar-refractivity contribution < 1.29 is 13.2 Å². The molecule has 22 heavy (non-hydrogen) atoms. The van der Waals surface area contributed by atoms with Crippen LogP contribution in [0.5, 0.6) is 0 Å². The maximum atomic E-state index is 12.2. The highest BCUT2D eigenvalue weighted by molar-refractivity contribution is 7.90. The Morgan fingerprint density at radius 3 is 2.23 bits per heavy atom. The first-order valence-corrected chi connectivity index (χ1v) is 8.88. The number of hydrogen-bond acceptors (Lipinski definition) is 3. The molecule has 116 valence electrons. The van der Waals surface area contributed by atoms with Gasteiger partial charge in [0, 0.05) is 17.5 Å². The third-order valence-corrected chi connectivity index (χ3v) is 4.47. The molecule has 0 saturated carbocycles. The molecule has 4 nitrogen and oxygen atoms in total. The first kappa shape index (κ1) is 16.2. The Morgan fingerprint density at radius 1 is 1.05 bits per heavy atom. The number of hydrogen-bond donors (Lipinski definition) is 1. The van der Waals surface area contributed by atoms with Crippen molar-refractivity contribution in [2.45, 2.75) is 24.7 Å². The summed E-state index contributed by atoms with van der Waals surface area (Å²) < 4.78 is 23.1. The van der Waals surface area contributed by atoms with Crippen LogP contribution in [0.4, 0.5) is 5.69 Å². The predicted molar refractivity (Wildman–Crippen MR) is 88.0 cm³/mol. The van der Waals surface area contributed by atoms with Gasteiger partial charge in [0.2, 0.25) is 0 Å². The van der Waals surface area contributed by atoms with E-state index in [0.717, 1.165) is 6.26 Å². The van der Waals surface area contributed by atoms with Crippen LogP contribution in [0.15, 0.2) is 53.4 Å². The second kappa shape index (κ2) is 6.32. The Morgan fingerprint density at radius 2 is 1.68 bits per heavy atom. The van der Waals surface area contributed by atoms with Crippen molar-refractivity contribution in [2.24, 2.45) is 0 Å². The van der Waals surface area contributed by atoms with Gasteiger partial charge >= 0.3 is 0 Å². The monoisotopic (exact) mass is 317 g/mol. The fourth-order valence-electron chi connectivity index (χ4n) is 2.02. The molecule has 0 atom stereocenters. The van der Waals surface area contributed by atoms with Crippen molar-refractivity contribution in [3.63, 3.8) is 0 Å². The first-order valence-electron chi connectivity index (χ1n) is 6.99.